The maximum absolute atomic E-state index is 13.2. The lowest BCUT2D eigenvalue weighted by Gasteiger charge is -2.40. The minimum atomic E-state index is -1.91. The standard InChI is InChI=1S/C73H124O12/c1-4-7-10-13-16-19-22-25-28-31-33-36-38-41-44-47-50-53-56-59-65(74)81-62-64(83-66(75)60-57-54-51-48-45-42-39-35-30-27-24-21-18-15-12-9-6-3)63-82-73-71(69(78)68(77)70(85-73)72(79)80)84-67(76)61-58-55-52-49-46-43-40-37-34-32-29-26-23-20-17-14-11-8-5-2/h8,11,16-17,19-20,25-30,34,37,64,68-71,73,77-78H,4-7,9-10,12-15,18,21-24,31-33,35-36,38-63H2,1-3H3,(H,79,80)/b11-8-,19-16-,20-17-,28-25-,29-26-,30-27-,37-34-. The van der Waals surface area contributed by atoms with Crippen LogP contribution in [0.15, 0.2) is 85.1 Å². The van der Waals surface area contributed by atoms with Gasteiger partial charge in [-0.25, -0.2) is 4.79 Å². The molecular formula is C73H124O12. The molecule has 0 spiro atoms. The monoisotopic (exact) mass is 1190 g/mol. The Hall–Kier alpha value is -4.10. The number of hydrogen-bond donors (Lipinski definition) is 3. The Balaban J connectivity index is 2.65. The van der Waals surface area contributed by atoms with Crippen molar-refractivity contribution in [3.05, 3.63) is 85.1 Å². The van der Waals surface area contributed by atoms with Gasteiger partial charge in [0, 0.05) is 19.3 Å². The van der Waals surface area contributed by atoms with Crippen molar-refractivity contribution in [2.24, 2.45) is 0 Å². The van der Waals surface area contributed by atoms with E-state index in [2.05, 4.69) is 106 Å². The molecule has 1 heterocycles. The SMILES string of the molecule is CC/C=C\C/C=C\C/C=C\C/C=C\CCCCCCCCC(=O)OC1C(OCC(COC(=O)CCCCCCCCCCC/C=C\C/C=C\CCCCC)OC(=O)CCCCCCCCC/C=C\CCCCCCCC)OC(C(=O)O)C(O)C1O. The molecule has 1 aliphatic rings. The first-order chi connectivity index (χ1) is 41.6. The summed E-state index contributed by atoms with van der Waals surface area (Å²) >= 11 is 0. The highest BCUT2D eigenvalue weighted by Crippen LogP contribution is 2.27. The van der Waals surface area contributed by atoms with Gasteiger partial charge in [0.1, 0.15) is 18.8 Å². The summed E-state index contributed by atoms with van der Waals surface area (Å²) in [6, 6.07) is 0. The van der Waals surface area contributed by atoms with Gasteiger partial charge in [0.05, 0.1) is 6.61 Å². The molecule has 0 saturated carbocycles. The Morgan fingerprint density at radius 2 is 0.741 bits per heavy atom. The third-order valence-corrected chi connectivity index (χ3v) is 15.4. The average molecular weight is 1190 g/mol. The first kappa shape index (κ1) is 78.9. The van der Waals surface area contributed by atoms with Gasteiger partial charge in [-0.1, -0.05) is 254 Å². The van der Waals surface area contributed by atoms with Crippen LogP contribution in [-0.2, 0) is 42.9 Å². The van der Waals surface area contributed by atoms with Crippen LogP contribution in [0, 0.1) is 0 Å². The lowest BCUT2D eigenvalue weighted by Crippen LogP contribution is -2.61. The number of ether oxygens (including phenoxy) is 5. The number of unbranched alkanes of at least 4 members (excludes halogenated alkanes) is 31. The van der Waals surface area contributed by atoms with E-state index in [9.17, 15) is 34.5 Å². The number of rotatable bonds is 59. The zero-order chi connectivity index (χ0) is 61.7. The predicted octanol–water partition coefficient (Wildman–Crippen LogP) is 19.0. The zero-order valence-corrected chi connectivity index (χ0v) is 54.1. The van der Waals surface area contributed by atoms with Gasteiger partial charge in [0.25, 0.3) is 0 Å². The third kappa shape index (κ3) is 49.6. The van der Waals surface area contributed by atoms with Crippen LogP contribution in [0.1, 0.15) is 303 Å². The van der Waals surface area contributed by atoms with Crippen molar-refractivity contribution in [2.75, 3.05) is 13.2 Å². The summed E-state index contributed by atoms with van der Waals surface area (Å²) in [5.41, 5.74) is 0. The van der Waals surface area contributed by atoms with E-state index in [0.29, 0.717) is 19.3 Å². The van der Waals surface area contributed by atoms with Crippen LogP contribution in [0.25, 0.3) is 0 Å². The summed E-state index contributed by atoms with van der Waals surface area (Å²) in [5, 5.41) is 31.7. The molecule has 1 saturated heterocycles. The normalized spacial score (nSPS) is 18.0. The lowest BCUT2D eigenvalue weighted by molar-refractivity contribution is -0.301. The van der Waals surface area contributed by atoms with E-state index in [-0.39, 0.29) is 25.9 Å². The molecule has 488 valence electrons. The molecule has 0 aromatic rings. The molecule has 1 fully saturated rings. The van der Waals surface area contributed by atoms with Gasteiger partial charge in [-0.3, -0.25) is 14.4 Å². The largest absolute Gasteiger partial charge is 0.479 e. The number of carbonyl (C=O) groups is 4. The van der Waals surface area contributed by atoms with Crippen LogP contribution in [0.5, 0.6) is 0 Å². The van der Waals surface area contributed by atoms with Crippen molar-refractivity contribution in [3.8, 4) is 0 Å². The molecule has 3 N–H and O–H groups in total. The van der Waals surface area contributed by atoms with Gasteiger partial charge in [0.2, 0.25) is 0 Å². The number of aliphatic hydroxyl groups is 2. The smallest absolute Gasteiger partial charge is 0.335 e. The van der Waals surface area contributed by atoms with E-state index in [1.165, 1.54) is 116 Å². The molecule has 0 aromatic heterocycles. The highest BCUT2D eigenvalue weighted by atomic mass is 16.7. The minimum Gasteiger partial charge on any atom is -0.479 e. The van der Waals surface area contributed by atoms with Crippen LogP contribution in [-0.4, -0.2) is 89.2 Å². The second-order valence-electron chi connectivity index (χ2n) is 23.4. The molecule has 85 heavy (non-hydrogen) atoms. The van der Waals surface area contributed by atoms with Crippen LogP contribution < -0.4 is 0 Å². The molecule has 1 rings (SSSR count). The lowest BCUT2D eigenvalue weighted by atomic mass is 9.98. The molecule has 0 amide bonds. The fourth-order valence-electron chi connectivity index (χ4n) is 10.2. The van der Waals surface area contributed by atoms with Crippen LogP contribution in [0.2, 0.25) is 0 Å². The van der Waals surface area contributed by atoms with E-state index in [1.807, 2.05) is 0 Å². The van der Waals surface area contributed by atoms with E-state index in [0.717, 1.165) is 128 Å². The number of aliphatic hydroxyl groups excluding tert-OH is 2. The molecular weight excluding hydrogens is 1070 g/mol. The Bertz CT molecular complexity index is 1800. The summed E-state index contributed by atoms with van der Waals surface area (Å²) in [7, 11) is 0. The highest BCUT2D eigenvalue weighted by Gasteiger charge is 2.50. The Kier molecular flexibility index (Phi) is 55.9. The van der Waals surface area contributed by atoms with Crippen molar-refractivity contribution in [2.45, 2.75) is 340 Å². The van der Waals surface area contributed by atoms with E-state index >= 15 is 0 Å². The second-order valence-corrected chi connectivity index (χ2v) is 23.4. The van der Waals surface area contributed by atoms with Gasteiger partial charge in [0.15, 0.2) is 24.6 Å². The number of hydrogen-bond acceptors (Lipinski definition) is 11. The topological polar surface area (TPSA) is 175 Å². The molecule has 0 aromatic carbocycles. The fraction of sp³-hybridized carbons (Fsp3) is 0.753. The maximum atomic E-state index is 13.2. The van der Waals surface area contributed by atoms with Gasteiger partial charge < -0.3 is 39.0 Å². The van der Waals surface area contributed by atoms with Crippen molar-refractivity contribution in [3.63, 3.8) is 0 Å². The molecule has 12 nitrogen and oxygen atoms in total. The number of carboxylic acid groups (broad SMARTS) is 1. The van der Waals surface area contributed by atoms with Gasteiger partial charge in [-0.05, 0) is 116 Å². The van der Waals surface area contributed by atoms with Crippen molar-refractivity contribution >= 4 is 23.9 Å². The first-order valence-corrected chi connectivity index (χ1v) is 34.6. The van der Waals surface area contributed by atoms with Gasteiger partial charge in [-0.15, -0.1) is 0 Å². The molecule has 0 aliphatic carbocycles. The third-order valence-electron chi connectivity index (χ3n) is 15.4. The highest BCUT2D eigenvalue weighted by molar-refractivity contribution is 5.74. The predicted molar refractivity (Wildman–Crippen MR) is 349 cm³/mol. The molecule has 0 bridgehead atoms. The van der Waals surface area contributed by atoms with Crippen LogP contribution in [0.4, 0.5) is 0 Å². The summed E-state index contributed by atoms with van der Waals surface area (Å²) < 4.78 is 28.6. The van der Waals surface area contributed by atoms with Crippen LogP contribution in [0.3, 0.4) is 0 Å². The Morgan fingerprint density at radius 3 is 1.16 bits per heavy atom. The van der Waals surface area contributed by atoms with Crippen molar-refractivity contribution in [1.82, 2.24) is 0 Å². The molecule has 12 heteroatoms. The Morgan fingerprint density at radius 1 is 0.400 bits per heavy atom. The number of carboxylic acids is 1. The molecule has 0 radical (unpaired) electrons. The van der Waals surface area contributed by atoms with E-state index in [4.69, 9.17) is 23.7 Å². The summed E-state index contributed by atoms with van der Waals surface area (Å²) in [6.07, 6.45) is 66.7. The van der Waals surface area contributed by atoms with Crippen molar-refractivity contribution in [1.29, 1.82) is 0 Å². The van der Waals surface area contributed by atoms with Crippen LogP contribution >= 0.6 is 0 Å². The van der Waals surface area contributed by atoms with Gasteiger partial charge >= 0.3 is 23.9 Å². The number of carbonyl (C=O) groups excluding carboxylic acids is 3. The first-order valence-electron chi connectivity index (χ1n) is 34.6. The number of allylic oxidation sites excluding steroid dienone is 14. The molecule has 1 aliphatic heterocycles. The van der Waals surface area contributed by atoms with E-state index in [1.54, 1.807) is 0 Å². The average Bonchev–Trinajstić information content (AvgIpc) is 2.79. The summed E-state index contributed by atoms with van der Waals surface area (Å²) in [6.45, 7) is 5.88. The minimum absolute atomic E-state index is 0.0414. The Labute approximate surface area is 518 Å². The quantitative estimate of drug-likeness (QED) is 0.0228. The zero-order valence-electron chi connectivity index (χ0n) is 54.1. The molecule has 6 atom stereocenters. The number of esters is 3. The second kappa shape index (κ2) is 60.2. The van der Waals surface area contributed by atoms with Gasteiger partial charge in [-0.2, -0.15) is 0 Å². The maximum Gasteiger partial charge on any atom is 0.335 e. The van der Waals surface area contributed by atoms with E-state index < -0.39 is 67.3 Å². The summed E-state index contributed by atoms with van der Waals surface area (Å²) in [5.74, 6) is -3.13. The fourth-order valence-corrected chi connectivity index (χ4v) is 10.2. The van der Waals surface area contributed by atoms with Crippen molar-refractivity contribution < 1.29 is 58.2 Å². The molecule has 6 unspecified atom stereocenters. The number of aliphatic carboxylic acids is 1. The summed E-state index contributed by atoms with van der Waals surface area (Å²) in [4.78, 5) is 51.5.